The van der Waals surface area contributed by atoms with E-state index in [1.54, 1.807) is 0 Å². The molecule has 0 radical (unpaired) electrons. The van der Waals surface area contributed by atoms with Crippen molar-refractivity contribution < 1.29 is 4.39 Å². The first-order chi connectivity index (χ1) is 8.47. The molecule has 0 saturated carbocycles. The fraction of sp³-hybridized carbons (Fsp3) is 0.0769. The summed E-state index contributed by atoms with van der Waals surface area (Å²) in [4.78, 5) is 0. The van der Waals surface area contributed by atoms with E-state index >= 15 is 0 Å². The minimum absolute atomic E-state index is 0.0191. The predicted octanol–water partition coefficient (Wildman–Crippen LogP) is 4.88. The zero-order valence-electron chi connectivity index (χ0n) is 9.60. The SMILES string of the molecule is Cc1cc(Br)ccc1Nc1cc(F)c(Cl)cc1N. The number of nitrogens with one attached hydrogen (secondary N) is 1. The summed E-state index contributed by atoms with van der Waals surface area (Å²) in [6.45, 7) is 1.95. The molecule has 2 aromatic carbocycles. The van der Waals surface area contributed by atoms with Gasteiger partial charge in [-0.1, -0.05) is 27.5 Å². The van der Waals surface area contributed by atoms with Crippen LogP contribution in [0.3, 0.4) is 0 Å². The van der Waals surface area contributed by atoms with Crippen LogP contribution in [-0.2, 0) is 0 Å². The number of anilines is 3. The fourth-order valence-electron chi connectivity index (χ4n) is 1.58. The first-order valence-electron chi connectivity index (χ1n) is 5.25. The van der Waals surface area contributed by atoms with Crippen molar-refractivity contribution in [3.05, 3.63) is 51.2 Å². The number of halogens is 3. The highest BCUT2D eigenvalue weighted by Gasteiger charge is 2.07. The molecule has 0 aliphatic carbocycles. The lowest BCUT2D eigenvalue weighted by atomic mass is 10.2. The van der Waals surface area contributed by atoms with Gasteiger partial charge in [-0.2, -0.15) is 0 Å². The molecule has 2 nitrogen and oxygen atoms in total. The summed E-state index contributed by atoms with van der Waals surface area (Å²) in [5.41, 5.74) is 8.60. The maximum atomic E-state index is 13.4. The number of benzene rings is 2. The molecule has 0 fully saturated rings. The molecule has 0 bridgehead atoms. The molecular formula is C13H11BrClFN2. The minimum Gasteiger partial charge on any atom is -0.397 e. The zero-order chi connectivity index (χ0) is 13.3. The second kappa shape index (κ2) is 5.16. The van der Waals surface area contributed by atoms with E-state index in [9.17, 15) is 4.39 Å². The topological polar surface area (TPSA) is 38.0 Å². The van der Waals surface area contributed by atoms with Crippen molar-refractivity contribution in [2.45, 2.75) is 6.92 Å². The maximum absolute atomic E-state index is 13.4. The summed E-state index contributed by atoms with van der Waals surface area (Å²) >= 11 is 9.04. The number of rotatable bonds is 2. The molecule has 0 unspecified atom stereocenters. The Hall–Kier alpha value is -1.26. The quantitative estimate of drug-likeness (QED) is 0.771. The van der Waals surface area contributed by atoms with Crippen LogP contribution in [0.5, 0.6) is 0 Å². The summed E-state index contributed by atoms with van der Waals surface area (Å²) in [6, 6.07) is 8.44. The average Bonchev–Trinajstić information content (AvgIpc) is 2.29. The van der Waals surface area contributed by atoms with Gasteiger partial charge in [0.1, 0.15) is 5.82 Å². The second-order valence-electron chi connectivity index (χ2n) is 3.94. The Morgan fingerprint density at radius 2 is 1.94 bits per heavy atom. The Labute approximate surface area is 118 Å². The summed E-state index contributed by atoms with van der Waals surface area (Å²) in [5.74, 6) is -0.497. The van der Waals surface area contributed by atoms with Crippen molar-refractivity contribution >= 4 is 44.6 Å². The molecule has 0 heterocycles. The van der Waals surface area contributed by atoms with Gasteiger partial charge in [-0.05, 0) is 36.8 Å². The van der Waals surface area contributed by atoms with Crippen LogP contribution in [0.25, 0.3) is 0 Å². The molecule has 0 aromatic heterocycles. The van der Waals surface area contributed by atoms with Crippen molar-refractivity contribution in [2.75, 3.05) is 11.1 Å². The molecule has 0 amide bonds. The molecule has 0 aliphatic heterocycles. The minimum atomic E-state index is -0.497. The molecule has 2 rings (SSSR count). The molecule has 2 aromatic rings. The Morgan fingerprint density at radius 1 is 1.22 bits per heavy atom. The normalized spacial score (nSPS) is 10.4. The van der Waals surface area contributed by atoms with E-state index in [-0.39, 0.29) is 5.02 Å². The van der Waals surface area contributed by atoms with Crippen molar-refractivity contribution in [1.82, 2.24) is 0 Å². The molecule has 0 aliphatic rings. The molecule has 94 valence electrons. The fourth-order valence-corrected chi connectivity index (χ4v) is 2.23. The Morgan fingerprint density at radius 3 is 2.61 bits per heavy atom. The van der Waals surface area contributed by atoms with E-state index in [0.717, 1.165) is 15.7 Å². The largest absolute Gasteiger partial charge is 0.397 e. The van der Waals surface area contributed by atoms with E-state index in [1.807, 2.05) is 25.1 Å². The summed E-state index contributed by atoms with van der Waals surface area (Å²) in [6.07, 6.45) is 0. The van der Waals surface area contributed by atoms with E-state index in [4.69, 9.17) is 17.3 Å². The second-order valence-corrected chi connectivity index (χ2v) is 5.26. The number of hydrogen-bond donors (Lipinski definition) is 2. The van der Waals surface area contributed by atoms with Gasteiger partial charge in [0.05, 0.1) is 16.4 Å². The van der Waals surface area contributed by atoms with E-state index in [1.165, 1.54) is 12.1 Å². The van der Waals surface area contributed by atoms with Crippen molar-refractivity contribution in [2.24, 2.45) is 0 Å². The van der Waals surface area contributed by atoms with Crippen molar-refractivity contribution in [1.29, 1.82) is 0 Å². The average molecular weight is 330 g/mol. The predicted molar refractivity (Wildman–Crippen MR) is 78.0 cm³/mol. The Balaban J connectivity index is 2.37. The first-order valence-corrected chi connectivity index (χ1v) is 6.42. The zero-order valence-corrected chi connectivity index (χ0v) is 11.9. The van der Waals surface area contributed by atoms with Gasteiger partial charge in [-0.15, -0.1) is 0 Å². The summed E-state index contributed by atoms with van der Waals surface area (Å²) in [7, 11) is 0. The van der Waals surface area contributed by atoms with E-state index in [2.05, 4.69) is 21.2 Å². The monoisotopic (exact) mass is 328 g/mol. The van der Waals surface area contributed by atoms with Gasteiger partial charge in [-0.25, -0.2) is 4.39 Å². The lowest BCUT2D eigenvalue weighted by Gasteiger charge is -2.12. The molecular weight excluding hydrogens is 319 g/mol. The number of hydrogen-bond acceptors (Lipinski definition) is 2. The third-order valence-corrected chi connectivity index (χ3v) is 3.33. The first kappa shape index (κ1) is 13.2. The van der Waals surface area contributed by atoms with Crippen LogP contribution in [0.2, 0.25) is 5.02 Å². The highest BCUT2D eigenvalue weighted by Crippen LogP contribution is 2.30. The van der Waals surface area contributed by atoms with Gasteiger partial charge in [0.25, 0.3) is 0 Å². The lowest BCUT2D eigenvalue weighted by molar-refractivity contribution is 0.629. The van der Waals surface area contributed by atoms with Gasteiger partial charge in [0, 0.05) is 16.2 Å². The number of aryl methyl sites for hydroxylation is 1. The Bertz CT molecular complexity index is 602. The molecule has 18 heavy (non-hydrogen) atoms. The van der Waals surface area contributed by atoms with Crippen LogP contribution in [0.4, 0.5) is 21.5 Å². The smallest absolute Gasteiger partial charge is 0.144 e. The molecule has 3 N–H and O–H groups in total. The van der Waals surface area contributed by atoms with Crippen LogP contribution < -0.4 is 11.1 Å². The van der Waals surface area contributed by atoms with Crippen molar-refractivity contribution in [3.63, 3.8) is 0 Å². The van der Waals surface area contributed by atoms with E-state index in [0.29, 0.717) is 11.4 Å². The highest BCUT2D eigenvalue weighted by molar-refractivity contribution is 9.10. The molecule has 5 heteroatoms. The van der Waals surface area contributed by atoms with E-state index < -0.39 is 5.82 Å². The standard InChI is InChI=1S/C13H11BrClFN2/c1-7-4-8(14)2-3-12(7)18-13-6-10(16)9(15)5-11(13)17/h2-6,18H,17H2,1H3. The van der Waals surface area contributed by atoms with Crippen LogP contribution in [0.1, 0.15) is 5.56 Å². The van der Waals surface area contributed by atoms with Crippen LogP contribution >= 0.6 is 27.5 Å². The van der Waals surface area contributed by atoms with Crippen molar-refractivity contribution in [3.8, 4) is 0 Å². The third-order valence-electron chi connectivity index (χ3n) is 2.55. The van der Waals surface area contributed by atoms with Gasteiger partial charge in [0.2, 0.25) is 0 Å². The van der Waals surface area contributed by atoms with Crippen LogP contribution in [0, 0.1) is 12.7 Å². The highest BCUT2D eigenvalue weighted by atomic mass is 79.9. The Kier molecular flexibility index (Phi) is 3.78. The summed E-state index contributed by atoms with van der Waals surface area (Å²) < 4.78 is 14.4. The third kappa shape index (κ3) is 2.76. The molecule has 0 atom stereocenters. The lowest BCUT2D eigenvalue weighted by Crippen LogP contribution is -1.99. The number of nitrogens with two attached hydrogens (primary N) is 1. The number of nitrogen functional groups attached to an aromatic ring is 1. The van der Waals surface area contributed by atoms with Gasteiger partial charge < -0.3 is 11.1 Å². The van der Waals surface area contributed by atoms with Crippen LogP contribution in [0.15, 0.2) is 34.8 Å². The molecule has 0 saturated heterocycles. The maximum Gasteiger partial charge on any atom is 0.144 e. The molecule has 0 spiro atoms. The summed E-state index contributed by atoms with van der Waals surface area (Å²) in [5, 5.41) is 3.11. The van der Waals surface area contributed by atoms with Gasteiger partial charge >= 0.3 is 0 Å². The van der Waals surface area contributed by atoms with Gasteiger partial charge in [-0.3, -0.25) is 0 Å². The van der Waals surface area contributed by atoms with Gasteiger partial charge in [0.15, 0.2) is 0 Å². The van der Waals surface area contributed by atoms with Crippen LogP contribution in [-0.4, -0.2) is 0 Å².